The lowest BCUT2D eigenvalue weighted by molar-refractivity contribution is 0.102. The molecule has 1 N–H and O–H groups in total. The Labute approximate surface area is 173 Å². The molecule has 1 aromatic heterocycles. The lowest BCUT2D eigenvalue weighted by Crippen LogP contribution is -2.14. The summed E-state index contributed by atoms with van der Waals surface area (Å²) in [5.41, 5.74) is 3.23. The van der Waals surface area contributed by atoms with E-state index >= 15 is 0 Å². The van der Waals surface area contributed by atoms with Crippen molar-refractivity contribution < 1.29 is 18.3 Å². The molecule has 150 valence electrons. The van der Waals surface area contributed by atoms with Gasteiger partial charge >= 0.3 is 0 Å². The minimum Gasteiger partial charge on any atom is -0.495 e. The summed E-state index contributed by atoms with van der Waals surface area (Å²) in [5, 5.41) is 2.90. The van der Waals surface area contributed by atoms with E-state index in [4.69, 9.17) is 9.15 Å². The Morgan fingerprint density at radius 3 is 2.60 bits per heavy atom. The number of benzene rings is 3. The van der Waals surface area contributed by atoms with E-state index in [2.05, 4.69) is 10.3 Å². The normalized spacial score (nSPS) is 10.6. The Morgan fingerprint density at radius 2 is 1.83 bits per heavy atom. The van der Waals surface area contributed by atoms with Gasteiger partial charge in [0.15, 0.2) is 5.76 Å². The molecule has 4 aromatic rings. The van der Waals surface area contributed by atoms with Crippen LogP contribution < -0.4 is 10.1 Å². The highest BCUT2D eigenvalue weighted by atomic mass is 19.1. The van der Waals surface area contributed by atoms with Crippen LogP contribution in [0.4, 0.5) is 10.1 Å². The van der Waals surface area contributed by atoms with E-state index in [1.165, 1.54) is 12.1 Å². The van der Waals surface area contributed by atoms with Crippen molar-refractivity contribution in [1.29, 1.82) is 0 Å². The van der Waals surface area contributed by atoms with Crippen molar-refractivity contribution in [2.45, 2.75) is 6.92 Å². The van der Waals surface area contributed by atoms with Crippen LogP contribution in [0.3, 0.4) is 0 Å². The molecule has 0 aliphatic heterocycles. The van der Waals surface area contributed by atoms with Crippen molar-refractivity contribution in [2.24, 2.45) is 0 Å². The first-order valence-electron chi connectivity index (χ1n) is 9.32. The van der Waals surface area contributed by atoms with Gasteiger partial charge in [0.2, 0.25) is 5.89 Å². The average Bonchev–Trinajstić information content (AvgIpc) is 3.24. The smallest absolute Gasteiger partial charge is 0.256 e. The third-order valence-electron chi connectivity index (χ3n) is 4.64. The molecule has 0 aliphatic carbocycles. The zero-order valence-corrected chi connectivity index (χ0v) is 16.5. The summed E-state index contributed by atoms with van der Waals surface area (Å²) < 4.78 is 24.4. The molecule has 3 aromatic carbocycles. The van der Waals surface area contributed by atoms with Gasteiger partial charge in [-0.05, 0) is 61.0 Å². The number of oxazole rings is 1. The Kier molecular flexibility index (Phi) is 5.30. The van der Waals surface area contributed by atoms with E-state index in [0.29, 0.717) is 39.8 Å². The highest BCUT2D eigenvalue weighted by molar-refractivity contribution is 6.08. The molecule has 0 radical (unpaired) electrons. The maximum absolute atomic E-state index is 13.2. The molecule has 0 unspecified atom stereocenters. The van der Waals surface area contributed by atoms with Crippen molar-refractivity contribution >= 4 is 11.6 Å². The lowest BCUT2D eigenvalue weighted by atomic mass is 10.1. The SMILES string of the molecule is COc1ccc(C)cc1NC(=O)c1ccccc1-c1ncc(-c2ccc(F)cc2)o1. The van der Waals surface area contributed by atoms with Crippen molar-refractivity contribution in [2.75, 3.05) is 12.4 Å². The molecule has 0 bridgehead atoms. The predicted molar refractivity (Wildman–Crippen MR) is 113 cm³/mol. The van der Waals surface area contributed by atoms with Crippen LogP contribution in [0.5, 0.6) is 5.75 Å². The number of hydrogen-bond donors (Lipinski definition) is 1. The zero-order chi connectivity index (χ0) is 21.1. The number of carbonyl (C=O) groups is 1. The quantitative estimate of drug-likeness (QED) is 0.464. The third-order valence-corrected chi connectivity index (χ3v) is 4.64. The molecule has 4 rings (SSSR count). The minimum absolute atomic E-state index is 0.302. The van der Waals surface area contributed by atoms with Gasteiger partial charge in [-0.15, -0.1) is 0 Å². The topological polar surface area (TPSA) is 64.4 Å². The van der Waals surface area contributed by atoms with Crippen LogP contribution >= 0.6 is 0 Å². The van der Waals surface area contributed by atoms with Crippen molar-refractivity contribution in [1.82, 2.24) is 4.98 Å². The summed E-state index contributed by atoms with van der Waals surface area (Å²) >= 11 is 0. The van der Waals surface area contributed by atoms with Crippen molar-refractivity contribution in [3.8, 4) is 28.5 Å². The number of aromatic nitrogens is 1. The van der Waals surface area contributed by atoms with Crippen LogP contribution in [0.25, 0.3) is 22.8 Å². The van der Waals surface area contributed by atoms with Gasteiger partial charge in [-0.25, -0.2) is 9.37 Å². The van der Waals surface area contributed by atoms with Crippen LogP contribution in [0.15, 0.2) is 77.3 Å². The van der Waals surface area contributed by atoms with Gasteiger partial charge in [-0.2, -0.15) is 0 Å². The monoisotopic (exact) mass is 402 g/mol. The fourth-order valence-corrected chi connectivity index (χ4v) is 3.12. The molecule has 0 aliphatic rings. The Bertz CT molecular complexity index is 1200. The maximum Gasteiger partial charge on any atom is 0.256 e. The van der Waals surface area contributed by atoms with E-state index in [0.717, 1.165) is 5.56 Å². The Hall–Kier alpha value is -3.93. The number of ether oxygens (including phenoxy) is 1. The molecule has 6 heteroatoms. The van der Waals surface area contributed by atoms with E-state index in [9.17, 15) is 9.18 Å². The van der Waals surface area contributed by atoms with Gasteiger partial charge < -0.3 is 14.5 Å². The summed E-state index contributed by atoms with van der Waals surface area (Å²) in [5.74, 6) is 0.723. The van der Waals surface area contributed by atoms with Gasteiger partial charge in [0, 0.05) is 11.1 Å². The van der Waals surface area contributed by atoms with Gasteiger partial charge in [0.1, 0.15) is 11.6 Å². The predicted octanol–water partition coefficient (Wildman–Crippen LogP) is 5.72. The van der Waals surface area contributed by atoms with E-state index < -0.39 is 0 Å². The van der Waals surface area contributed by atoms with Gasteiger partial charge in [-0.1, -0.05) is 18.2 Å². The van der Waals surface area contributed by atoms with Gasteiger partial charge in [-0.3, -0.25) is 4.79 Å². The number of nitrogens with zero attached hydrogens (tertiary/aromatic N) is 1. The first-order chi connectivity index (χ1) is 14.5. The average molecular weight is 402 g/mol. The Morgan fingerprint density at radius 1 is 1.07 bits per heavy atom. The highest BCUT2D eigenvalue weighted by Gasteiger charge is 2.18. The molecule has 0 fully saturated rings. The fraction of sp³-hybridized carbons (Fsp3) is 0.0833. The van der Waals surface area contributed by atoms with Crippen LogP contribution in [-0.2, 0) is 0 Å². The summed E-state index contributed by atoms with van der Waals surface area (Å²) in [7, 11) is 1.55. The standard InChI is InChI=1S/C24H19FN2O3/c1-15-7-12-21(29-2)20(13-15)27-23(28)18-5-3-4-6-19(18)24-26-14-22(30-24)16-8-10-17(25)11-9-16/h3-14H,1-2H3,(H,27,28). The molecular weight excluding hydrogens is 383 g/mol. The maximum atomic E-state index is 13.2. The number of carbonyl (C=O) groups excluding carboxylic acids is 1. The molecule has 5 nitrogen and oxygen atoms in total. The third kappa shape index (κ3) is 3.93. The Balaban J connectivity index is 1.66. The number of anilines is 1. The van der Waals surface area contributed by atoms with Gasteiger partial charge in [0.05, 0.1) is 24.6 Å². The minimum atomic E-state index is -0.327. The number of amides is 1. The number of halogens is 1. The fourth-order valence-electron chi connectivity index (χ4n) is 3.12. The molecule has 1 heterocycles. The lowest BCUT2D eigenvalue weighted by Gasteiger charge is -2.12. The van der Waals surface area contributed by atoms with E-state index in [-0.39, 0.29) is 11.7 Å². The summed E-state index contributed by atoms with van der Waals surface area (Å²) in [6.07, 6.45) is 1.56. The van der Waals surface area contributed by atoms with Crippen LogP contribution in [-0.4, -0.2) is 18.0 Å². The van der Waals surface area contributed by atoms with Crippen LogP contribution in [0.2, 0.25) is 0 Å². The molecule has 0 atom stereocenters. The van der Waals surface area contributed by atoms with Crippen molar-refractivity contribution in [3.63, 3.8) is 0 Å². The van der Waals surface area contributed by atoms with Crippen LogP contribution in [0, 0.1) is 12.7 Å². The van der Waals surface area contributed by atoms with E-state index in [1.54, 1.807) is 55.8 Å². The first kappa shape index (κ1) is 19.4. The number of nitrogens with one attached hydrogen (secondary N) is 1. The second-order valence-electron chi connectivity index (χ2n) is 6.74. The number of rotatable bonds is 5. The molecule has 0 saturated carbocycles. The van der Waals surface area contributed by atoms with Crippen molar-refractivity contribution in [3.05, 3.63) is 89.9 Å². The summed E-state index contributed by atoms with van der Waals surface area (Å²) in [4.78, 5) is 17.3. The molecule has 1 amide bonds. The summed E-state index contributed by atoms with van der Waals surface area (Å²) in [6, 6.07) is 18.5. The molecule has 0 spiro atoms. The second-order valence-corrected chi connectivity index (χ2v) is 6.74. The number of hydrogen-bond acceptors (Lipinski definition) is 4. The van der Waals surface area contributed by atoms with E-state index in [1.807, 2.05) is 19.1 Å². The first-order valence-corrected chi connectivity index (χ1v) is 9.32. The highest BCUT2D eigenvalue weighted by Crippen LogP contribution is 2.30. The largest absolute Gasteiger partial charge is 0.495 e. The van der Waals surface area contributed by atoms with Gasteiger partial charge in [0.25, 0.3) is 5.91 Å². The molecular formula is C24H19FN2O3. The van der Waals surface area contributed by atoms with Crippen LogP contribution in [0.1, 0.15) is 15.9 Å². The second kappa shape index (κ2) is 8.21. The zero-order valence-electron chi connectivity index (χ0n) is 16.5. The molecule has 0 saturated heterocycles. The summed E-state index contributed by atoms with van der Waals surface area (Å²) in [6.45, 7) is 1.94. The number of methoxy groups -OCH3 is 1. The number of aryl methyl sites for hydroxylation is 1. The molecule has 30 heavy (non-hydrogen) atoms.